The molecule has 0 radical (unpaired) electrons. The van der Waals surface area contributed by atoms with Gasteiger partial charge in [-0.2, -0.15) is 0 Å². The largest absolute Gasteiger partial charge is 0.344 e. The molecule has 2 aliphatic heterocycles. The van der Waals surface area contributed by atoms with Crippen LogP contribution < -0.4 is 5.32 Å². The Morgan fingerprint density at radius 3 is 2.72 bits per heavy atom. The minimum Gasteiger partial charge on any atom is -0.344 e. The molecule has 2 saturated heterocycles. The first-order valence-electron chi connectivity index (χ1n) is 8.58. The molecule has 1 spiro atoms. The monoisotopic (exact) mass is 342 g/mol. The minimum atomic E-state index is -0.847. The van der Waals surface area contributed by atoms with Crippen LogP contribution >= 0.6 is 0 Å². The van der Waals surface area contributed by atoms with Crippen LogP contribution in [0.2, 0.25) is 0 Å². The van der Waals surface area contributed by atoms with Gasteiger partial charge in [-0.05, 0) is 42.5 Å². The van der Waals surface area contributed by atoms with Gasteiger partial charge < -0.3 is 4.90 Å². The van der Waals surface area contributed by atoms with Crippen molar-refractivity contribution < 1.29 is 13.6 Å². The maximum atomic E-state index is 14.1. The van der Waals surface area contributed by atoms with Crippen molar-refractivity contribution in [3.63, 3.8) is 0 Å². The Hall–Kier alpha value is -2.27. The van der Waals surface area contributed by atoms with Gasteiger partial charge >= 0.3 is 0 Å². The molecule has 2 aliphatic rings. The van der Waals surface area contributed by atoms with Crippen LogP contribution in [-0.2, 0) is 4.79 Å². The zero-order valence-corrected chi connectivity index (χ0v) is 14.1. The molecular formula is C20H20F2N2O. The van der Waals surface area contributed by atoms with E-state index < -0.39 is 17.2 Å². The fourth-order valence-corrected chi connectivity index (χ4v) is 4.07. The van der Waals surface area contributed by atoms with E-state index in [1.807, 2.05) is 25.2 Å². The molecule has 0 aliphatic carbocycles. The highest BCUT2D eigenvalue weighted by Gasteiger charge is 2.49. The molecule has 3 nitrogen and oxygen atoms in total. The van der Waals surface area contributed by atoms with Crippen molar-refractivity contribution in [1.29, 1.82) is 0 Å². The van der Waals surface area contributed by atoms with E-state index >= 15 is 0 Å². The van der Waals surface area contributed by atoms with Crippen LogP contribution in [0.15, 0.2) is 42.5 Å². The molecule has 4 rings (SSSR count). The highest BCUT2D eigenvalue weighted by Crippen LogP contribution is 2.39. The summed E-state index contributed by atoms with van der Waals surface area (Å²) in [6.45, 7) is 0.771. The van der Waals surface area contributed by atoms with Crippen LogP contribution in [0.3, 0.4) is 0 Å². The Kier molecular flexibility index (Phi) is 3.84. The fourth-order valence-electron chi connectivity index (χ4n) is 4.07. The SMILES string of the molecule is CN1CC[C@]2(CC[C@H](c3cccc(-c4cccc(F)c4F)c3)N2)C1=O. The average Bonchev–Trinajstić information content (AvgIpc) is 3.18. The zero-order valence-electron chi connectivity index (χ0n) is 14.1. The van der Waals surface area contributed by atoms with Gasteiger partial charge in [0.15, 0.2) is 11.6 Å². The lowest BCUT2D eigenvalue weighted by atomic mass is 9.95. The molecule has 2 aromatic rings. The smallest absolute Gasteiger partial charge is 0.242 e. The van der Waals surface area contributed by atoms with E-state index in [4.69, 9.17) is 0 Å². The second-order valence-electron chi connectivity index (χ2n) is 7.02. The summed E-state index contributed by atoms with van der Waals surface area (Å²) in [6.07, 6.45) is 2.48. The number of carbonyl (C=O) groups excluding carboxylic acids is 1. The third-order valence-corrected chi connectivity index (χ3v) is 5.49. The van der Waals surface area contributed by atoms with E-state index in [2.05, 4.69) is 5.32 Å². The number of hydrogen-bond donors (Lipinski definition) is 1. The number of carbonyl (C=O) groups is 1. The third-order valence-electron chi connectivity index (χ3n) is 5.49. The fraction of sp³-hybridized carbons (Fsp3) is 0.350. The number of hydrogen-bond acceptors (Lipinski definition) is 2. The van der Waals surface area contributed by atoms with E-state index in [0.29, 0.717) is 5.56 Å². The molecule has 2 heterocycles. The van der Waals surface area contributed by atoms with Crippen LogP contribution in [0.5, 0.6) is 0 Å². The van der Waals surface area contributed by atoms with E-state index in [1.165, 1.54) is 6.07 Å². The third kappa shape index (κ3) is 2.63. The van der Waals surface area contributed by atoms with Gasteiger partial charge in [0.05, 0.1) is 0 Å². The zero-order chi connectivity index (χ0) is 17.6. The summed E-state index contributed by atoms with van der Waals surface area (Å²) < 4.78 is 27.6. The number of likely N-dealkylation sites (N-methyl/N-ethyl adjacent to an activating group) is 1. The van der Waals surface area contributed by atoms with E-state index in [0.717, 1.165) is 37.4 Å². The van der Waals surface area contributed by atoms with Gasteiger partial charge in [-0.3, -0.25) is 10.1 Å². The maximum Gasteiger partial charge on any atom is 0.242 e. The predicted molar refractivity (Wildman–Crippen MR) is 91.9 cm³/mol. The molecule has 2 atom stereocenters. The Morgan fingerprint density at radius 2 is 1.96 bits per heavy atom. The Balaban J connectivity index is 1.63. The van der Waals surface area contributed by atoms with Gasteiger partial charge in [0.25, 0.3) is 0 Å². The summed E-state index contributed by atoms with van der Waals surface area (Å²) in [5, 5.41) is 3.51. The van der Waals surface area contributed by atoms with Crippen LogP contribution in [0.25, 0.3) is 11.1 Å². The quantitative estimate of drug-likeness (QED) is 0.903. The second-order valence-corrected chi connectivity index (χ2v) is 7.02. The van der Waals surface area contributed by atoms with E-state index in [1.54, 1.807) is 17.0 Å². The summed E-state index contributed by atoms with van der Waals surface area (Å²) in [5.41, 5.74) is 1.44. The van der Waals surface area contributed by atoms with Crippen LogP contribution in [0, 0.1) is 11.6 Å². The van der Waals surface area contributed by atoms with Crippen molar-refractivity contribution >= 4 is 5.91 Å². The molecule has 2 fully saturated rings. The minimum absolute atomic E-state index is 0.0482. The maximum absolute atomic E-state index is 14.1. The first-order valence-corrected chi connectivity index (χ1v) is 8.58. The summed E-state index contributed by atoms with van der Waals surface area (Å²) in [5.74, 6) is -1.52. The van der Waals surface area contributed by atoms with Crippen molar-refractivity contribution in [3.05, 3.63) is 59.7 Å². The molecule has 0 bridgehead atoms. The number of rotatable bonds is 2. The van der Waals surface area contributed by atoms with Crippen molar-refractivity contribution in [3.8, 4) is 11.1 Å². The molecule has 0 unspecified atom stereocenters. The van der Waals surface area contributed by atoms with Crippen molar-refractivity contribution in [2.24, 2.45) is 0 Å². The van der Waals surface area contributed by atoms with Gasteiger partial charge in [-0.25, -0.2) is 8.78 Å². The average molecular weight is 342 g/mol. The second kappa shape index (κ2) is 5.92. The Morgan fingerprint density at radius 1 is 1.16 bits per heavy atom. The van der Waals surface area contributed by atoms with E-state index in [-0.39, 0.29) is 17.5 Å². The summed E-state index contributed by atoms with van der Waals surface area (Å²) in [4.78, 5) is 14.2. The topological polar surface area (TPSA) is 32.3 Å². The van der Waals surface area contributed by atoms with Gasteiger partial charge in [-0.15, -0.1) is 0 Å². The normalized spacial score (nSPS) is 26.0. The molecule has 2 aromatic carbocycles. The molecule has 1 N–H and O–H groups in total. The lowest BCUT2D eigenvalue weighted by Gasteiger charge is -2.23. The number of halogens is 2. The number of benzene rings is 2. The van der Waals surface area contributed by atoms with Gasteiger partial charge in [0.2, 0.25) is 5.91 Å². The number of amides is 1. The molecular weight excluding hydrogens is 322 g/mol. The Bertz CT molecular complexity index is 838. The first-order chi connectivity index (χ1) is 12.0. The van der Waals surface area contributed by atoms with Crippen LogP contribution in [0.1, 0.15) is 30.9 Å². The summed E-state index contributed by atoms with van der Waals surface area (Å²) >= 11 is 0. The Labute approximate surface area is 145 Å². The lowest BCUT2D eigenvalue weighted by molar-refractivity contribution is -0.131. The number of likely N-dealkylation sites (tertiary alicyclic amines) is 1. The number of nitrogens with zero attached hydrogens (tertiary/aromatic N) is 1. The predicted octanol–water partition coefficient (Wildman–Crippen LogP) is 3.66. The van der Waals surface area contributed by atoms with Gasteiger partial charge in [-0.1, -0.05) is 30.3 Å². The van der Waals surface area contributed by atoms with Gasteiger partial charge in [0, 0.05) is 25.2 Å². The van der Waals surface area contributed by atoms with Crippen molar-refractivity contribution in [2.45, 2.75) is 30.8 Å². The summed E-state index contributed by atoms with van der Waals surface area (Å²) in [7, 11) is 1.83. The molecule has 25 heavy (non-hydrogen) atoms. The highest BCUT2D eigenvalue weighted by atomic mass is 19.2. The van der Waals surface area contributed by atoms with Gasteiger partial charge in [0.1, 0.15) is 5.54 Å². The van der Waals surface area contributed by atoms with Crippen molar-refractivity contribution in [2.75, 3.05) is 13.6 Å². The highest BCUT2D eigenvalue weighted by molar-refractivity contribution is 5.88. The molecule has 5 heteroatoms. The first kappa shape index (κ1) is 16.2. The number of nitrogens with one attached hydrogen (secondary N) is 1. The van der Waals surface area contributed by atoms with Crippen LogP contribution in [0.4, 0.5) is 8.78 Å². The summed E-state index contributed by atoms with van der Waals surface area (Å²) in [6, 6.07) is 11.7. The molecule has 0 aromatic heterocycles. The molecule has 130 valence electrons. The van der Waals surface area contributed by atoms with Crippen molar-refractivity contribution in [1.82, 2.24) is 10.2 Å². The van der Waals surface area contributed by atoms with Crippen LogP contribution in [-0.4, -0.2) is 29.9 Å². The standard InChI is InChI=1S/C20H20F2N2O/c1-24-11-10-20(19(24)25)9-8-17(23-20)14-5-2-4-13(12-14)15-6-3-7-16(21)18(15)22/h2-7,12,17,23H,8-11H2,1H3/t17-,20-/m1/s1. The molecule has 1 amide bonds. The molecule has 0 saturated carbocycles. The van der Waals surface area contributed by atoms with E-state index in [9.17, 15) is 13.6 Å². The lowest BCUT2D eigenvalue weighted by Crippen LogP contribution is -2.47.